The summed E-state index contributed by atoms with van der Waals surface area (Å²) in [6, 6.07) is 5.96. The van der Waals surface area contributed by atoms with Crippen molar-refractivity contribution in [1.82, 2.24) is 34.8 Å². The first-order chi connectivity index (χ1) is 22.4. The second-order valence-corrected chi connectivity index (χ2v) is 13.8. The van der Waals surface area contributed by atoms with Gasteiger partial charge in [0.15, 0.2) is 5.95 Å². The smallest absolute Gasteiger partial charge is 0.410 e. The standard InChI is InChI=1S/C36H58N8O2/c1-28(2)33-19-18-29(3)25-34(33)46-36(45)43(24-20-30-15-11-12-21-38-30)22-13-8-6-10-17-32-27-44(42-41-32)23-14-7-4-5-9-16-31-26-39-35(37)40-31/h11-12,15,21,26-29,33-34H,4-10,13-14,16-20,22-25H2,1-3H3,(H3,37,39,40)/t29-,33+,34-/m1/s1. The summed E-state index contributed by atoms with van der Waals surface area (Å²) in [6.07, 6.45) is 21.8. The minimum absolute atomic E-state index is 0.0146. The van der Waals surface area contributed by atoms with Crippen LogP contribution >= 0.6 is 0 Å². The number of nitrogens with one attached hydrogen (secondary N) is 1. The Morgan fingerprint density at radius 1 is 0.978 bits per heavy atom. The zero-order valence-electron chi connectivity index (χ0n) is 28.6. The maximum Gasteiger partial charge on any atom is 0.410 e. The Morgan fingerprint density at radius 3 is 2.52 bits per heavy atom. The predicted molar refractivity (Wildman–Crippen MR) is 183 cm³/mol. The summed E-state index contributed by atoms with van der Waals surface area (Å²) in [5, 5.41) is 8.74. The highest BCUT2D eigenvalue weighted by molar-refractivity contribution is 5.67. The third kappa shape index (κ3) is 12.4. The summed E-state index contributed by atoms with van der Waals surface area (Å²) in [7, 11) is 0. The summed E-state index contributed by atoms with van der Waals surface area (Å²) < 4.78 is 8.23. The third-order valence-corrected chi connectivity index (χ3v) is 9.51. The number of anilines is 1. The molecule has 1 aliphatic carbocycles. The van der Waals surface area contributed by atoms with Gasteiger partial charge in [0, 0.05) is 49.8 Å². The number of aryl methyl sites for hydroxylation is 3. The monoisotopic (exact) mass is 634 g/mol. The molecule has 0 bridgehead atoms. The molecule has 0 unspecified atom stereocenters. The van der Waals surface area contributed by atoms with Gasteiger partial charge in [-0.2, -0.15) is 0 Å². The minimum atomic E-state index is -0.156. The molecule has 1 saturated carbocycles. The fourth-order valence-corrected chi connectivity index (χ4v) is 6.69. The van der Waals surface area contributed by atoms with Crippen LogP contribution in [0.15, 0.2) is 36.8 Å². The SMILES string of the molecule is CC(C)[C@@H]1CC[C@@H](C)C[C@H]1OC(=O)N(CCCCCCc1cn(CCCCCCCc2cnc(N)[nH]2)nn1)CCc1ccccn1. The fourth-order valence-electron chi connectivity index (χ4n) is 6.69. The zero-order valence-corrected chi connectivity index (χ0v) is 28.6. The Morgan fingerprint density at radius 2 is 1.76 bits per heavy atom. The van der Waals surface area contributed by atoms with Gasteiger partial charge in [0.2, 0.25) is 0 Å². The number of rotatable bonds is 20. The number of aromatic amines is 1. The van der Waals surface area contributed by atoms with Crippen LogP contribution in [0.3, 0.4) is 0 Å². The van der Waals surface area contributed by atoms with E-state index in [2.05, 4.69) is 52.2 Å². The lowest BCUT2D eigenvalue weighted by Gasteiger charge is -2.37. The van der Waals surface area contributed by atoms with Gasteiger partial charge in [-0.05, 0) is 81.3 Å². The summed E-state index contributed by atoms with van der Waals surface area (Å²) >= 11 is 0. The minimum Gasteiger partial charge on any atom is -0.446 e. The molecule has 10 nitrogen and oxygen atoms in total. The van der Waals surface area contributed by atoms with Crippen molar-refractivity contribution >= 4 is 12.0 Å². The molecule has 1 aliphatic rings. The molecule has 1 amide bonds. The average Bonchev–Trinajstić information content (AvgIpc) is 3.68. The van der Waals surface area contributed by atoms with Crippen molar-refractivity contribution in [2.24, 2.45) is 17.8 Å². The lowest BCUT2D eigenvalue weighted by molar-refractivity contribution is -0.0103. The molecule has 3 atom stereocenters. The van der Waals surface area contributed by atoms with Crippen LogP contribution in [0.2, 0.25) is 0 Å². The summed E-state index contributed by atoms with van der Waals surface area (Å²) in [5.41, 5.74) is 8.83. The van der Waals surface area contributed by atoms with E-state index in [4.69, 9.17) is 10.5 Å². The number of unbranched alkanes of at least 4 members (excludes halogenated alkanes) is 7. The normalized spacial score (nSPS) is 18.2. The van der Waals surface area contributed by atoms with E-state index >= 15 is 0 Å². The summed E-state index contributed by atoms with van der Waals surface area (Å²) in [6.45, 7) is 9.07. The highest BCUT2D eigenvalue weighted by Crippen LogP contribution is 2.35. The Kier molecular flexibility index (Phi) is 14.8. The number of nitrogen functional groups attached to an aromatic ring is 1. The van der Waals surface area contributed by atoms with Gasteiger partial charge in [0.1, 0.15) is 6.10 Å². The number of nitrogens with two attached hydrogens (primary N) is 1. The van der Waals surface area contributed by atoms with Gasteiger partial charge < -0.3 is 20.4 Å². The van der Waals surface area contributed by atoms with E-state index in [0.29, 0.717) is 36.8 Å². The lowest BCUT2D eigenvalue weighted by atomic mass is 9.75. The maximum absolute atomic E-state index is 13.5. The van der Waals surface area contributed by atoms with E-state index in [9.17, 15) is 4.79 Å². The fraction of sp³-hybridized carbons (Fsp3) is 0.694. The predicted octanol–water partition coefficient (Wildman–Crippen LogP) is 7.42. The summed E-state index contributed by atoms with van der Waals surface area (Å²) in [5.74, 6) is 2.07. The first-order valence-electron chi connectivity index (χ1n) is 17.9. The highest BCUT2D eigenvalue weighted by atomic mass is 16.6. The van der Waals surface area contributed by atoms with E-state index in [1.807, 2.05) is 40.2 Å². The average molecular weight is 635 g/mol. The zero-order chi connectivity index (χ0) is 32.6. The number of H-pyrrole nitrogens is 1. The van der Waals surface area contributed by atoms with Crippen molar-refractivity contribution in [2.75, 3.05) is 18.8 Å². The number of hydrogen-bond acceptors (Lipinski definition) is 7. The van der Waals surface area contributed by atoms with Crippen LogP contribution in [0.1, 0.15) is 115 Å². The number of imidazole rings is 1. The Hall–Kier alpha value is -3.43. The molecule has 1 fully saturated rings. The van der Waals surface area contributed by atoms with Crippen molar-refractivity contribution in [3.63, 3.8) is 0 Å². The Bertz CT molecular complexity index is 1260. The van der Waals surface area contributed by atoms with Gasteiger partial charge in [-0.3, -0.25) is 9.67 Å². The molecule has 4 rings (SSSR count). The third-order valence-electron chi connectivity index (χ3n) is 9.51. The second-order valence-electron chi connectivity index (χ2n) is 13.8. The molecule has 46 heavy (non-hydrogen) atoms. The van der Waals surface area contributed by atoms with E-state index in [-0.39, 0.29) is 12.2 Å². The quantitative estimate of drug-likeness (QED) is 0.124. The molecule has 0 radical (unpaired) electrons. The number of carbonyl (C=O) groups excluding carboxylic acids is 1. The van der Waals surface area contributed by atoms with E-state index in [1.54, 1.807) is 0 Å². The molecule has 3 aromatic heterocycles. The number of nitrogens with zero attached hydrogens (tertiary/aromatic N) is 6. The van der Waals surface area contributed by atoms with Crippen LogP contribution in [0.25, 0.3) is 0 Å². The maximum atomic E-state index is 13.5. The first-order valence-corrected chi connectivity index (χ1v) is 17.9. The van der Waals surface area contributed by atoms with Crippen molar-refractivity contribution in [1.29, 1.82) is 0 Å². The topological polar surface area (TPSA) is 128 Å². The molecule has 0 aliphatic heterocycles. The number of pyridine rings is 1. The van der Waals surface area contributed by atoms with Crippen molar-refractivity contribution < 1.29 is 9.53 Å². The first kappa shape index (κ1) is 35.4. The molecular formula is C36H58N8O2. The number of aromatic nitrogens is 6. The molecular weight excluding hydrogens is 576 g/mol. The van der Waals surface area contributed by atoms with Gasteiger partial charge in [0.25, 0.3) is 0 Å². The molecule has 254 valence electrons. The van der Waals surface area contributed by atoms with Gasteiger partial charge in [-0.15, -0.1) is 5.10 Å². The molecule has 3 heterocycles. The van der Waals surface area contributed by atoms with Gasteiger partial charge in [0.05, 0.1) is 11.9 Å². The number of ether oxygens (including phenoxy) is 1. The van der Waals surface area contributed by atoms with Crippen LogP contribution in [0.5, 0.6) is 0 Å². The molecule has 3 N–H and O–H groups in total. The van der Waals surface area contributed by atoms with E-state index in [1.165, 1.54) is 25.7 Å². The van der Waals surface area contributed by atoms with Crippen LogP contribution in [-0.4, -0.2) is 60.1 Å². The van der Waals surface area contributed by atoms with Crippen LogP contribution in [0.4, 0.5) is 10.7 Å². The van der Waals surface area contributed by atoms with Crippen LogP contribution in [-0.2, 0) is 30.5 Å². The van der Waals surface area contributed by atoms with E-state index in [0.717, 1.165) is 94.3 Å². The van der Waals surface area contributed by atoms with Crippen molar-refractivity contribution in [3.05, 3.63) is 53.9 Å². The second kappa shape index (κ2) is 19.3. The largest absolute Gasteiger partial charge is 0.446 e. The molecule has 0 saturated heterocycles. The number of carbonyl (C=O) groups is 1. The number of hydrogen-bond donors (Lipinski definition) is 2. The Labute approximate surface area is 276 Å². The summed E-state index contributed by atoms with van der Waals surface area (Å²) in [4.78, 5) is 27.0. The van der Waals surface area contributed by atoms with Crippen molar-refractivity contribution in [3.8, 4) is 0 Å². The molecule has 3 aromatic rings. The Balaban J connectivity index is 1.11. The van der Waals surface area contributed by atoms with Gasteiger partial charge >= 0.3 is 6.09 Å². The van der Waals surface area contributed by atoms with Crippen LogP contribution in [0, 0.1) is 17.8 Å². The van der Waals surface area contributed by atoms with E-state index < -0.39 is 0 Å². The molecule has 0 aromatic carbocycles. The van der Waals surface area contributed by atoms with Crippen molar-refractivity contribution in [2.45, 2.75) is 130 Å². The highest BCUT2D eigenvalue weighted by Gasteiger charge is 2.34. The number of amides is 1. The molecule has 10 heteroatoms. The molecule has 0 spiro atoms. The van der Waals surface area contributed by atoms with Gasteiger partial charge in [-0.25, -0.2) is 9.78 Å². The van der Waals surface area contributed by atoms with Gasteiger partial charge in [-0.1, -0.05) is 70.6 Å². The van der Waals surface area contributed by atoms with Crippen LogP contribution < -0.4 is 5.73 Å². The lowest BCUT2D eigenvalue weighted by Crippen LogP contribution is -2.41.